The fourth-order valence-corrected chi connectivity index (χ4v) is 0.712. The Labute approximate surface area is 55.6 Å². The van der Waals surface area contributed by atoms with Crippen LogP contribution in [-0.4, -0.2) is 10.5 Å². The maximum absolute atomic E-state index is 5.61. The first-order valence-corrected chi connectivity index (χ1v) is 3.03. The predicted octanol–water partition coefficient (Wildman–Crippen LogP) is 1.02. The van der Waals surface area contributed by atoms with E-state index in [-0.39, 0.29) is 5.54 Å². The summed E-state index contributed by atoms with van der Waals surface area (Å²) in [5, 5.41) is 1.69. The lowest BCUT2D eigenvalue weighted by molar-refractivity contribution is 0.239. The summed E-state index contributed by atoms with van der Waals surface area (Å²) in [6.07, 6.45) is 7.85. The van der Waals surface area contributed by atoms with Gasteiger partial charge in [-0.25, -0.2) is 5.84 Å². The zero-order chi connectivity index (χ0) is 6.91. The zero-order valence-corrected chi connectivity index (χ0v) is 5.83. The summed E-state index contributed by atoms with van der Waals surface area (Å²) in [6.45, 7) is 4.12. The third-order valence-corrected chi connectivity index (χ3v) is 1.53. The van der Waals surface area contributed by atoms with E-state index >= 15 is 0 Å². The highest BCUT2D eigenvalue weighted by Crippen LogP contribution is 2.15. The zero-order valence-electron chi connectivity index (χ0n) is 5.83. The molecule has 0 aromatic carbocycles. The molecule has 2 heteroatoms. The normalized spacial score (nSPS) is 22.8. The lowest BCUT2D eigenvalue weighted by Crippen LogP contribution is -2.44. The van der Waals surface area contributed by atoms with Crippen molar-refractivity contribution in [3.8, 4) is 0 Å². The molecular formula is C7H12N2. The summed E-state index contributed by atoms with van der Waals surface area (Å²) in [5.41, 5.74) is -0.0191. The minimum atomic E-state index is -0.0191. The maximum Gasteiger partial charge on any atom is 0.0680 e. The second-order valence-corrected chi connectivity index (χ2v) is 2.76. The maximum atomic E-state index is 5.61. The number of rotatable bonds is 0. The molecule has 0 amide bonds. The second kappa shape index (κ2) is 1.88. The van der Waals surface area contributed by atoms with Crippen LogP contribution in [0.15, 0.2) is 24.4 Å². The Kier molecular flexibility index (Phi) is 1.33. The van der Waals surface area contributed by atoms with E-state index in [1.54, 1.807) is 5.01 Å². The quantitative estimate of drug-likeness (QED) is 0.488. The van der Waals surface area contributed by atoms with Gasteiger partial charge >= 0.3 is 0 Å². The van der Waals surface area contributed by atoms with Crippen molar-refractivity contribution in [2.24, 2.45) is 5.84 Å². The summed E-state index contributed by atoms with van der Waals surface area (Å²) in [7, 11) is 0. The lowest BCUT2D eigenvalue weighted by atomic mass is 10.0. The summed E-state index contributed by atoms with van der Waals surface area (Å²) in [4.78, 5) is 0. The van der Waals surface area contributed by atoms with E-state index in [1.165, 1.54) is 0 Å². The Balaban J connectivity index is 2.78. The van der Waals surface area contributed by atoms with Gasteiger partial charge in [-0.3, -0.25) is 0 Å². The molecule has 0 radical (unpaired) electrons. The topological polar surface area (TPSA) is 29.3 Å². The Bertz CT molecular complexity index is 156. The molecule has 0 fully saturated rings. The van der Waals surface area contributed by atoms with Crippen molar-refractivity contribution in [3.63, 3.8) is 0 Å². The van der Waals surface area contributed by atoms with Crippen LogP contribution in [0.4, 0.5) is 0 Å². The van der Waals surface area contributed by atoms with Crippen LogP contribution in [0.2, 0.25) is 0 Å². The van der Waals surface area contributed by atoms with Crippen LogP contribution in [0.5, 0.6) is 0 Å². The van der Waals surface area contributed by atoms with Gasteiger partial charge < -0.3 is 5.01 Å². The molecule has 0 aromatic heterocycles. The SMILES string of the molecule is CC1(C)C=CC=CN1N. The van der Waals surface area contributed by atoms with E-state index in [1.807, 2.05) is 18.4 Å². The minimum absolute atomic E-state index is 0.0191. The highest BCUT2D eigenvalue weighted by molar-refractivity contribution is 5.16. The van der Waals surface area contributed by atoms with E-state index < -0.39 is 0 Å². The summed E-state index contributed by atoms with van der Waals surface area (Å²) in [6, 6.07) is 0. The van der Waals surface area contributed by atoms with Crippen LogP contribution in [0.1, 0.15) is 13.8 Å². The lowest BCUT2D eigenvalue weighted by Gasteiger charge is -2.32. The van der Waals surface area contributed by atoms with E-state index in [4.69, 9.17) is 5.84 Å². The van der Waals surface area contributed by atoms with Gasteiger partial charge in [-0.2, -0.15) is 0 Å². The molecule has 9 heavy (non-hydrogen) atoms. The Morgan fingerprint density at radius 1 is 1.33 bits per heavy atom. The standard InChI is InChI=1S/C7H12N2/c1-7(2)5-3-4-6-9(7)8/h3-6H,8H2,1-2H3. The molecular weight excluding hydrogens is 112 g/mol. The van der Waals surface area contributed by atoms with Crippen LogP contribution >= 0.6 is 0 Å². The van der Waals surface area contributed by atoms with E-state index in [2.05, 4.69) is 19.9 Å². The molecule has 0 unspecified atom stereocenters. The van der Waals surface area contributed by atoms with Gasteiger partial charge in [0, 0.05) is 6.20 Å². The van der Waals surface area contributed by atoms with Crippen molar-refractivity contribution < 1.29 is 0 Å². The monoisotopic (exact) mass is 124 g/mol. The first-order valence-electron chi connectivity index (χ1n) is 3.03. The average molecular weight is 124 g/mol. The van der Waals surface area contributed by atoms with Crippen LogP contribution < -0.4 is 5.84 Å². The van der Waals surface area contributed by atoms with Gasteiger partial charge in [0.05, 0.1) is 5.54 Å². The molecule has 0 bridgehead atoms. The molecule has 0 saturated carbocycles. The van der Waals surface area contributed by atoms with Crippen LogP contribution in [-0.2, 0) is 0 Å². The number of nitrogens with two attached hydrogens (primary N) is 1. The summed E-state index contributed by atoms with van der Waals surface area (Å²) >= 11 is 0. The first kappa shape index (κ1) is 6.36. The molecule has 1 aliphatic heterocycles. The molecule has 2 nitrogen and oxygen atoms in total. The predicted molar refractivity (Wildman–Crippen MR) is 38.4 cm³/mol. The van der Waals surface area contributed by atoms with Crippen molar-refractivity contribution in [3.05, 3.63) is 24.4 Å². The van der Waals surface area contributed by atoms with Gasteiger partial charge in [0.1, 0.15) is 0 Å². The molecule has 0 aromatic rings. The molecule has 0 spiro atoms. The number of hydrogen-bond acceptors (Lipinski definition) is 2. The van der Waals surface area contributed by atoms with Crippen LogP contribution in [0.3, 0.4) is 0 Å². The number of allylic oxidation sites excluding steroid dienone is 2. The van der Waals surface area contributed by atoms with Gasteiger partial charge in [0.15, 0.2) is 0 Å². The smallest absolute Gasteiger partial charge is 0.0680 e. The fraction of sp³-hybridized carbons (Fsp3) is 0.429. The summed E-state index contributed by atoms with van der Waals surface area (Å²) < 4.78 is 0. The van der Waals surface area contributed by atoms with Crippen molar-refractivity contribution in [1.82, 2.24) is 5.01 Å². The Morgan fingerprint density at radius 2 is 2.00 bits per heavy atom. The largest absolute Gasteiger partial charge is 0.309 e. The van der Waals surface area contributed by atoms with Crippen molar-refractivity contribution in [2.45, 2.75) is 19.4 Å². The van der Waals surface area contributed by atoms with Gasteiger partial charge in [-0.05, 0) is 19.9 Å². The summed E-state index contributed by atoms with van der Waals surface area (Å²) in [5.74, 6) is 5.61. The highest BCUT2D eigenvalue weighted by atomic mass is 15.4. The molecule has 1 aliphatic rings. The first-order chi connectivity index (χ1) is 4.13. The van der Waals surface area contributed by atoms with Crippen molar-refractivity contribution >= 4 is 0 Å². The number of nitrogens with zero attached hydrogens (tertiary/aromatic N) is 1. The Hall–Kier alpha value is -0.760. The highest BCUT2D eigenvalue weighted by Gasteiger charge is 2.18. The van der Waals surface area contributed by atoms with Gasteiger partial charge in [0.25, 0.3) is 0 Å². The minimum Gasteiger partial charge on any atom is -0.309 e. The van der Waals surface area contributed by atoms with Gasteiger partial charge in [-0.15, -0.1) is 0 Å². The molecule has 1 rings (SSSR count). The third kappa shape index (κ3) is 1.13. The Morgan fingerprint density at radius 3 is 2.33 bits per heavy atom. The van der Waals surface area contributed by atoms with Gasteiger partial charge in [0.2, 0.25) is 0 Å². The second-order valence-electron chi connectivity index (χ2n) is 2.76. The number of hydrogen-bond donors (Lipinski definition) is 1. The third-order valence-electron chi connectivity index (χ3n) is 1.53. The molecule has 1 heterocycles. The fourth-order valence-electron chi connectivity index (χ4n) is 0.712. The molecule has 0 saturated heterocycles. The van der Waals surface area contributed by atoms with Crippen LogP contribution in [0.25, 0.3) is 0 Å². The molecule has 2 N–H and O–H groups in total. The van der Waals surface area contributed by atoms with E-state index in [9.17, 15) is 0 Å². The molecule has 0 atom stereocenters. The van der Waals surface area contributed by atoms with Gasteiger partial charge in [-0.1, -0.05) is 12.2 Å². The van der Waals surface area contributed by atoms with Crippen molar-refractivity contribution in [1.29, 1.82) is 0 Å². The molecule has 50 valence electrons. The molecule has 0 aliphatic carbocycles. The van der Waals surface area contributed by atoms with Crippen LogP contribution in [0, 0.1) is 0 Å². The number of hydrazine groups is 1. The van der Waals surface area contributed by atoms with E-state index in [0.717, 1.165) is 0 Å². The average Bonchev–Trinajstić information content (AvgIpc) is 1.77. The van der Waals surface area contributed by atoms with Crippen molar-refractivity contribution in [2.75, 3.05) is 0 Å². The van der Waals surface area contributed by atoms with E-state index in [0.29, 0.717) is 0 Å².